The zero-order valence-electron chi connectivity index (χ0n) is 15.0. The summed E-state index contributed by atoms with van der Waals surface area (Å²) in [6, 6.07) is 7.12. The predicted molar refractivity (Wildman–Crippen MR) is 102 cm³/mol. The third-order valence-electron chi connectivity index (χ3n) is 5.12. The van der Waals surface area contributed by atoms with Crippen molar-refractivity contribution >= 4 is 17.5 Å². The maximum absolute atomic E-state index is 12.3. The van der Waals surface area contributed by atoms with Gasteiger partial charge < -0.3 is 15.1 Å². The fraction of sp³-hybridized carbons (Fsp3) is 0.450. The fourth-order valence-electron chi connectivity index (χ4n) is 3.36. The molecule has 1 amide bonds. The fourth-order valence-corrected chi connectivity index (χ4v) is 3.55. The largest absolute Gasteiger partial charge is 0.392 e. The summed E-state index contributed by atoms with van der Waals surface area (Å²) in [5.41, 5.74) is 1.56. The maximum Gasteiger partial charge on any atom is 0.228 e. The Morgan fingerprint density at radius 3 is 2.52 bits per heavy atom. The van der Waals surface area contributed by atoms with Gasteiger partial charge in [0.25, 0.3) is 0 Å². The van der Waals surface area contributed by atoms with Crippen LogP contribution in [0.4, 0.5) is 0 Å². The number of hydrogen-bond donors (Lipinski definition) is 2. The molecule has 2 aliphatic rings. The van der Waals surface area contributed by atoms with Gasteiger partial charge in [-0.1, -0.05) is 36.2 Å². The van der Waals surface area contributed by atoms with E-state index in [9.17, 15) is 9.90 Å². The van der Waals surface area contributed by atoms with Crippen LogP contribution in [0.15, 0.2) is 42.9 Å². The lowest BCUT2D eigenvalue weighted by Gasteiger charge is -2.34. The van der Waals surface area contributed by atoms with Crippen LogP contribution < -0.4 is 0 Å². The molecule has 0 bridgehead atoms. The van der Waals surface area contributed by atoms with Gasteiger partial charge in [0.2, 0.25) is 5.91 Å². The SMILES string of the molecule is O=C(C1CCC1)N1C(O)CCC1c1cnccn1.OCc1ccccc1Cl. The summed E-state index contributed by atoms with van der Waals surface area (Å²) >= 11 is 5.66. The van der Waals surface area contributed by atoms with Crippen molar-refractivity contribution in [2.24, 2.45) is 5.92 Å². The van der Waals surface area contributed by atoms with E-state index >= 15 is 0 Å². The molecule has 2 fully saturated rings. The van der Waals surface area contributed by atoms with Crippen LogP contribution in [-0.4, -0.2) is 37.2 Å². The molecule has 1 saturated carbocycles. The number of aliphatic hydroxyl groups excluding tert-OH is 2. The summed E-state index contributed by atoms with van der Waals surface area (Å²) in [5, 5.41) is 19.3. The van der Waals surface area contributed by atoms with E-state index in [1.807, 2.05) is 12.1 Å². The Balaban J connectivity index is 0.000000197. The summed E-state index contributed by atoms with van der Waals surface area (Å²) in [6.07, 6.45) is 8.69. The highest BCUT2D eigenvalue weighted by Gasteiger charge is 2.41. The molecule has 7 heteroatoms. The summed E-state index contributed by atoms with van der Waals surface area (Å²) < 4.78 is 0. The van der Waals surface area contributed by atoms with Gasteiger partial charge in [-0.3, -0.25) is 14.8 Å². The lowest BCUT2D eigenvalue weighted by atomic mass is 9.84. The number of aromatic nitrogens is 2. The van der Waals surface area contributed by atoms with Crippen LogP contribution in [-0.2, 0) is 11.4 Å². The van der Waals surface area contributed by atoms with E-state index in [4.69, 9.17) is 16.7 Å². The molecule has 27 heavy (non-hydrogen) atoms. The number of nitrogens with zero attached hydrogens (tertiary/aromatic N) is 3. The quantitative estimate of drug-likeness (QED) is 0.842. The van der Waals surface area contributed by atoms with E-state index < -0.39 is 6.23 Å². The first-order chi connectivity index (χ1) is 13.1. The second-order valence-corrected chi connectivity index (χ2v) is 7.23. The summed E-state index contributed by atoms with van der Waals surface area (Å²) in [4.78, 5) is 22.3. The van der Waals surface area contributed by atoms with Crippen molar-refractivity contribution in [1.82, 2.24) is 14.9 Å². The first kappa shape index (κ1) is 19.7. The van der Waals surface area contributed by atoms with Crippen LogP contribution >= 0.6 is 11.6 Å². The van der Waals surface area contributed by atoms with Gasteiger partial charge in [0.05, 0.1) is 24.5 Å². The molecule has 2 unspecified atom stereocenters. The van der Waals surface area contributed by atoms with Crippen molar-refractivity contribution in [1.29, 1.82) is 0 Å². The monoisotopic (exact) mass is 389 g/mol. The number of aliphatic hydroxyl groups is 2. The van der Waals surface area contributed by atoms with Crippen LogP contribution in [0.3, 0.4) is 0 Å². The molecule has 1 aromatic heterocycles. The standard InChI is InChI=1S/C13H17N3O2.C7H7ClO/c17-12-5-4-11(10-8-14-6-7-15-10)16(12)13(18)9-2-1-3-9;8-7-4-2-1-3-6(7)5-9/h6-9,11-12,17H,1-5H2;1-4,9H,5H2. The van der Waals surface area contributed by atoms with Gasteiger partial charge in [0.15, 0.2) is 0 Å². The molecule has 144 valence electrons. The smallest absolute Gasteiger partial charge is 0.228 e. The average Bonchev–Trinajstić information content (AvgIpc) is 3.03. The first-order valence-corrected chi connectivity index (χ1v) is 9.60. The number of halogens is 1. The van der Waals surface area contributed by atoms with Crippen LogP contribution in [0.5, 0.6) is 0 Å². The molecule has 2 heterocycles. The van der Waals surface area contributed by atoms with E-state index in [2.05, 4.69) is 9.97 Å². The van der Waals surface area contributed by atoms with Crippen LogP contribution in [0.1, 0.15) is 49.4 Å². The molecule has 2 N–H and O–H groups in total. The molecule has 1 aliphatic carbocycles. The van der Waals surface area contributed by atoms with Gasteiger partial charge in [-0.25, -0.2) is 0 Å². The minimum absolute atomic E-state index is 0.0136. The Bertz CT molecular complexity index is 755. The Morgan fingerprint density at radius 2 is 1.96 bits per heavy atom. The lowest BCUT2D eigenvalue weighted by molar-refractivity contribution is -0.148. The van der Waals surface area contributed by atoms with Crippen molar-refractivity contribution in [2.75, 3.05) is 0 Å². The molecular weight excluding hydrogens is 366 g/mol. The van der Waals surface area contributed by atoms with Crippen LogP contribution in [0.25, 0.3) is 0 Å². The first-order valence-electron chi connectivity index (χ1n) is 9.22. The minimum Gasteiger partial charge on any atom is -0.392 e. The zero-order chi connectivity index (χ0) is 19.2. The van der Waals surface area contributed by atoms with E-state index in [0.717, 1.165) is 36.9 Å². The molecule has 0 spiro atoms. The van der Waals surface area contributed by atoms with Gasteiger partial charge in [-0.05, 0) is 37.3 Å². The third-order valence-corrected chi connectivity index (χ3v) is 5.49. The molecule has 4 rings (SSSR count). The summed E-state index contributed by atoms with van der Waals surface area (Å²) in [7, 11) is 0. The number of likely N-dealkylation sites (tertiary alicyclic amines) is 1. The van der Waals surface area contributed by atoms with Crippen molar-refractivity contribution < 1.29 is 15.0 Å². The number of carbonyl (C=O) groups excluding carboxylic acids is 1. The molecule has 6 nitrogen and oxygen atoms in total. The van der Waals surface area contributed by atoms with Crippen LogP contribution in [0.2, 0.25) is 5.02 Å². The molecule has 2 aromatic rings. The normalized spacial score (nSPS) is 22.0. The Hall–Kier alpha value is -2.02. The molecular formula is C20H24ClN3O3. The number of hydrogen-bond acceptors (Lipinski definition) is 5. The second-order valence-electron chi connectivity index (χ2n) is 6.83. The minimum atomic E-state index is -0.662. The van der Waals surface area contributed by atoms with E-state index in [1.54, 1.807) is 35.6 Å². The number of rotatable bonds is 3. The highest BCUT2D eigenvalue weighted by atomic mass is 35.5. The number of carbonyl (C=O) groups is 1. The molecule has 2 atom stereocenters. The van der Waals surface area contributed by atoms with Gasteiger partial charge >= 0.3 is 0 Å². The van der Waals surface area contributed by atoms with Gasteiger partial charge in [0.1, 0.15) is 6.23 Å². The summed E-state index contributed by atoms with van der Waals surface area (Å²) in [5.74, 6) is 0.193. The van der Waals surface area contributed by atoms with Gasteiger partial charge in [-0.2, -0.15) is 0 Å². The van der Waals surface area contributed by atoms with E-state index in [0.29, 0.717) is 11.4 Å². The van der Waals surface area contributed by atoms with Crippen molar-refractivity contribution in [2.45, 2.75) is 51.0 Å². The second kappa shape index (κ2) is 9.26. The summed E-state index contributed by atoms with van der Waals surface area (Å²) in [6.45, 7) is 0.0136. The molecule has 1 aliphatic heterocycles. The predicted octanol–water partition coefficient (Wildman–Crippen LogP) is 3.09. The van der Waals surface area contributed by atoms with Crippen molar-refractivity contribution in [3.05, 3.63) is 59.1 Å². The topological polar surface area (TPSA) is 86.6 Å². The van der Waals surface area contributed by atoms with Gasteiger partial charge in [-0.15, -0.1) is 0 Å². The Labute approximate surface area is 163 Å². The lowest BCUT2D eigenvalue weighted by Crippen LogP contribution is -2.43. The molecule has 1 saturated heterocycles. The maximum atomic E-state index is 12.3. The van der Waals surface area contributed by atoms with Gasteiger partial charge in [0, 0.05) is 23.3 Å². The number of amides is 1. The Morgan fingerprint density at radius 1 is 1.19 bits per heavy atom. The highest BCUT2D eigenvalue weighted by molar-refractivity contribution is 6.31. The highest BCUT2D eigenvalue weighted by Crippen LogP contribution is 2.38. The van der Waals surface area contributed by atoms with Crippen molar-refractivity contribution in [3.63, 3.8) is 0 Å². The molecule has 1 aromatic carbocycles. The molecule has 0 radical (unpaired) electrons. The van der Waals surface area contributed by atoms with Crippen LogP contribution in [0, 0.1) is 5.92 Å². The van der Waals surface area contributed by atoms with E-state index in [-0.39, 0.29) is 24.5 Å². The average molecular weight is 390 g/mol. The third kappa shape index (κ3) is 4.64. The van der Waals surface area contributed by atoms with Crippen molar-refractivity contribution in [3.8, 4) is 0 Å². The number of benzene rings is 1. The Kier molecular flexibility index (Phi) is 6.77. The zero-order valence-corrected chi connectivity index (χ0v) is 15.8. The van der Waals surface area contributed by atoms with E-state index in [1.165, 1.54) is 0 Å².